The third-order valence-electron chi connectivity index (χ3n) is 3.58. The lowest BCUT2D eigenvalue weighted by Crippen LogP contribution is -2.45. The van der Waals surface area contributed by atoms with E-state index in [4.69, 9.17) is 0 Å². The molecule has 3 nitrogen and oxygen atoms in total. The molecule has 0 aliphatic carbocycles. The summed E-state index contributed by atoms with van der Waals surface area (Å²) in [4.78, 5) is 2.02. The monoisotopic (exact) mass is 235 g/mol. The van der Waals surface area contributed by atoms with Crippen LogP contribution in [0.25, 0.3) is 0 Å². The highest BCUT2D eigenvalue weighted by molar-refractivity contribution is 5.19. The highest BCUT2D eigenvalue weighted by Crippen LogP contribution is 2.29. The van der Waals surface area contributed by atoms with Crippen LogP contribution < -0.4 is 0 Å². The first-order valence-electron chi connectivity index (χ1n) is 6.32. The topological polar surface area (TPSA) is 43.7 Å². The molecule has 0 amide bonds. The highest BCUT2D eigenvalue weighted by atomic mass is 16.3. The largest absolute Gasteiger partial charge is 0.394 e. The molecule has 3 atom stereocenters. The van der Waals surface area contributed by atoms with Crippen LogP contribution in [0.5, 0.6) is 0 Å². The third kappa shape index (κ3) is 2.86. The molecule has 1 aromatic carbocycles. The lowest BCUT2D eigenvalue weighted by molar-refractivity contribution is -0.0761. The van der Waals surface area contributed by atoms with Crippen molar-refractivity contribution in [3.63, 3.8) is 0 Å². The van der Waals surface area contributed by atoms with Crippen molar-refractivity contribution < 1.29 is 10.2 Å². The van der Waals surface area contributed by atoms with E-state index in [1.165, 1.54) is 0 Å². The number of hydrogen-bond acceptors (Lipinski definition) is 3. The minimum atomic E-state index is -0.427. The Hall–Kier alpha value is -0.900. The maximum absolute atomic E-state index is 10.1. The molecule has 3 heteroatoms. The summed E-state index contributed by atoms with van der Waals surface area (Å²) in [6, 6.07) is 9.83. The summed E-state index contributed by atoms with van der Waals surface area (Å²) in [6.07, 6.45) is 1.43. The molecule has 1 aliphatic rings. The van der Waals surface area contributed by atoms with Crippen molar-refractivity contribution in [1.82, 2.24) is 4.90 Å². The van der Waals surface area contributed by atoms with E-state index in [9.17, 15) is 10.2 Å². The van der Waals surface area contributed by atoms with Gasteiger partial charge in [-0.05, 0) is 24.3 Å². The van der Waals surface area contributed by atoms with Crippen LogP contribution in [0, 0.1) is 5.92 Å². The molecule has 1 fully saturated rings. The predicted molar refractivity (Wildman–Crippen MR) is 67.4 cm³/mol. The van der Waals surface area contributed by atoms with Gasteiger partial charge in [-0.15, -0.1) is 0 Å². The van der Waals surface area contributed by atoms with Crippen LogP contribution in [0.15, 0.2) is 30.3 Å². The quantitative estimate of drug-likeness (QED) is 0.839. The van der Waals surface area contributed by atoms with Crippen molar-refractivity contribution in [2.75, 3.05) is 13.2 Å². The van der Waals surface area contributed by atoms with Crippen molar-refractivity contribution >= 4 is 0 Å². The maximum atomic E-state index is 10.1. The summed E-state index contributed by atoms with van der Waals surface area (Å²) in [6.45, 7) is 3.09. The van der Waals surface area contributed by atoms with Crippen LogP contribution in [0.3, 0.4) is 0 Å². The molecule has 1 aromatic rings. The number of rotatable bonds is 3. The van der Waals surface area contributed by atoms with Gasteiger partial charge in [-0.25, -0.2) is 0 Å². The Morgan fingerprint density at radius 3 is 2.65 bits per heavy atom. The maximum Gasteiger partial charge on any atom is 0.107 e. The molecule has 0 bridgehead atoms. The van der Waals surface area contributed by atoms with Gasteiger partial charge in [0.25, 0.3) is 0 Å². The smallest absolute Gasteiger partial charge is 0.107 e. The van der Waals surface area contributed by atoms with Crippen LogP contribution in [-0.2, 0) is 0 Å². The van der Waals surface area contributed by atoms with Gasteiger partial charge in [-0.1, -0.05) is 37.3 Å². The van der Waals surface area contributed by atoms with Gasteiger partial charge in [0.05, 0.1) is 12.6 Å². The molecule has 1 unspecified atom stereocenters. The molecule has 0 radical (unpaired) electrons. The molecule has 0 aromatic heterocycles. The van der Waals surface area contributed by atoms with E-state index in [1.54, 1.807) is 0 Å². The minimum Gasteiger partial charge on any atom is -0.394 e. The van der Waals surface area contributed by atoms with E-state index in [0.29, 0.717) is 5.92 Å². The Morgan fingerprint density at radius 1 is 1.29 bits per heavy atom. The predicted octanol–water partition coefficient (Wildman–Crippen LogP) is 1.77. The van der Waals surface area contributed by atoms with Crippen LogP contribution in [0.2, 0.25) is 0 Å². The zero-order valence-electron chi connectivity index (χ0n) is 10.3. The number of aliphatic hydroxyl groups is 2. The average Bonchev–Trinajstić information content (AvgIpc) is 2.36. The van der Waals surface area contributed by atoms with E-state index < -0.39 is 6.23 Å². The second-order valence-corrected chi connectivity index (χ2v) is 4.97. The fourth-order valence-electron chi connectivity index (χ4n) is 2.58. The van der Waals surface area contributed by atoms with Crippen molar-refractivity contribution in [3.05, 3.63) is 35.9 Å². The normalized spacial score (nSPS) is 27.9. The fourth-order valence-corrected chi connectivity index (χ4v) is 2.58. The van der Waals surface area contributed by atoms with Gasteiger partial charge in [-0.2, -0.15) is 0 Å². The third-order valence-corrected chi connectivity index (χ3v) is 3.58. The molecule has 1 saturated heterocycles. The standard InChI is InChI=1S/C14H21NO2/c1-11-7-8-14(17)15(9-11)13(10-16)12-5-3-2-4-6-12/h2-6,11,13-14,16-17H,7-10H2,1H3/t11-,13+,14?/m1/s1. The molecular formula is C14H21NO2. The summed E-state index contributed by atoms with van der Waals surface area (Å²) < 4.78 is 0. The Morgan fingerprint density at radius 2 is 2.00 bits per heavy atom. The Bertz CT molecular complexity index is 341. The van der Waals surface area contributed by atoms with Crippen molar-refractivity contribution in [2.24, 2.45) is 5.92 Å². The van der Waals surface area contributed by atoms with E-state index in [0.717, 1.165) is 24.9 Å². The van der Waals surface area contributed by atoms with Crippen molar-refractivity contribution in [1.29, 1.82) is 0 Å². The molecule has 1 aliphatic heterocycles. The fraction of sp³-hybridized carbons (Fsp3) is 0.571. The minimum absolute atomic E-state index is 0.0494. The summed E-state index contributed by atoms with van der Waals surface area (Å²) in [5.41, 5.74) is 1.07. The molecule has 1 heterocycles. The molecular weight excluding hydrogens is 214 g/mol. The second kappa shape index (κ2) is 5.63. The zero-order chi connectivity index (χ0) is 12.3. The van der Waals surface area contributed by atoms with E-state index >= 15 is 0 Å². The Balaban J connectivity index is 2.17. The summed E-state index contributed by atoms with van der Waals surface area (Å²) in [7, 11) is 0. The van der Waals surface area contributed by atoms with Gasteiger partial charge in [0.2, 0.25) is 0 Å². The van der Waals surface area contributed by atoms with Crippen molar-refractivity contribution in [3.8, 4) is 0 Å². The van der Waals surface area contributed by atoms with Gasteiger partial charge in [0.1, 0.15) is 6.23 Å². The van der Waals surface area contributed by atoms with Gasteiger partial charge >= 0.3 is 0 Å². The Labute approximate surface area is 103 Å². The summed E-state index contributed by atoms with van der Waals surface area (Å²) in [5.74, 6) is 0.580. The number of aliphatic hydroxyl groups excluding tert-OH is 2. The average molecular weight is 235 g/mol. The number of nitrogens with zero attached hydrogens (tertiary/aromatic N) is 1. The van der Waals surface area contributed by atoms with Gasteiger partial charge < -0.3 is 10.2 Å². The molecule has 2 rings (SSSR count). The summed E-state index contributed by atoms with van der Waals surface area (Å²) >= 11 is 0. The van der Waals surface area contributed by atoms with E-state index in [1.807, 2.05) is 35.2 Å². The molecule has 94 valence electrons. The molecule has 0 saturated carbocycles. The zero-order valence-corrected chi connectivity index (χ0v) is 10.3. The lowest BCUT2D eigenvalue weighted by atomic mass is 9.95. The lowest BCUT2D eigenvalue weighted by Gasteiger charge is -2.40. The van der Waals surface area contributed by atoms with Gasteiger partial charge in [-0.3, -0.25) is 4.90 Å². The first-order chi connectivity index (χ1) is 8.22. The van der Waals surface area contributed by atoms with Crippen LogP contribution in [0.4, 0.5) is 0 Å². The number of hydrogen-bond donors (Lipinski definition) is 2. The second-order valence-electron chi connectivity index (χ2n) is 4.97. The highest BCUT2D eigenvalue weighted by Gasteiger charge is 2.30. The Kier molecular flexibility index (Phi) is 4.15. The van der Waals surface area contributed by atoms with Gasteiger partial charge in [0.15, 0.2) is 0 Å². The number of piperidine rings is 1. The summed E-state index contributed by atoms with van der Waals surface area (Å²) in [5, 5.41) is 19.6. The molecule has 0 spiro atoms. The van der Waals surface area contributed by atoms with Gasteiger partial charge in [0, 0.05) is 6.54 Å². The number of likely N-dealkylation sites (tertiary alicyclic amines) is 1. The SMILES string of the molecule is C[C@@H]1CCC(O)N([C@@H](CO)c2ccccc2)C1. The first-order valence-corrected chi connectivity index (χ1v) is 6.32. The van der Waals surface area contributed by atoms with Crippen LogP contribution >= 0.6 is 0 Å². The van der Waals surface area contributed by atoms with E-state index in [2.05, 4.69) is 6.92 Å². The van der Waals surface area contributed by atoms with E-state index in [-0.39, 0.29) is 12.6 Å². The van der Waals surface area contributed by atoms with Crippen LogP contribution in [0.1, 0.15) is 31.4 Å². The first kappa shape index (κ1) is 12.6. The van der Waals surface area contributed by atoms with Crippen molar-refractivity contribution in [2.45, 2.75) is 32.0 Å². The van der Waals surface area contributed by atoms with Crippen LogP contribution in [-0.4, -0.2) is 34.5 Å². The number of benzene rings is 1. The molecule has 2 N–H and O–H groups in total. The molecule has 17 heavy (non-hydrogen) atoms.